The molecule has 2 atom stereocenters. The number of allylic oxidation sites excluding steroid dienone is 3. The van der Waals surface area contributed by atoms with Crippen LogP contribution in [-0.4, -0.2) is 41.9 Å². The van der Waals surface area contributed by atoms with Crippen LogP contribution in [0.25, 0.3) is 0 Å². The van der Waals surface area contributed by atoms with Crippen LogP contribution in [0.5, 0.6) is 0 Å². The van der Waals surface area contributed by atoms with Gasteiger partial charge < -0.3 is 10.4 Å². The van der Waals surface area contributed by atoms with Gasteiger partial charge in [-0.05, 0) is 32.1 Å². The number of aliphatic hydroxyl groups is 1. The van der Waals surface area contributed by atoms with Gasteiger partial charge >= 0.3 is 0 Å². The average Bonchev–Trinajstić information content (AvgIpc) is 2.80. The third-order valence-corrected chi connectivity index (χ3v) is 6.91. The van der Waals surface area contributed by atoms with Gasteiger partial charge in [0, 0.05) is 6.42 Å². The van der Waals surface area contributed by atoms with Gasteiger partial charge in [0.1, 0.15) is 0 Å². The van der Waals surface area contributed by atoms with E-state index in [2.05, 4.69) is 31.3 Å². The Morgan fingerprint density at radius 3 is 1.80 bits per heavy atom. The summed E-state index contributed by atoms with van der Waals surface area (Å²) in [6, 6.07) is -1.06. The highest BCUT2D eigenvalue weighted by molar-refractivity contribution is 7.85. The number of hydrogen-bond acceptors (Lipinski definition) is 4. The zero-order chi connectivity index (χ0) is 26.2. The quantitative estimate of drug-likeness (QED) is 0.0737. The number of amides is 1. The first kappa shape index (κ1) is 33.8. The maximum absolute atomic E-state index is 12.3. The van der Waals surface area contributed by atoms with E-state index in [-0.39, 0.29) is 12.3 Å². The average molecular weight is 516 g/mol. The second kappa shape index (κ2) is 23.2. The number of unbranched alkanes of at least 4 members (excludes halogenated alkanes) is 14. The molecule has 0 saturated carbocycles. The summed E-state index contributed by atoms with van der Waals surface area (Å²) < 4.78 is 32.0. The lowest BCUT2D eigenvalue weighted by molar-refractivity contribution is -0.122. The summed E-state index contributed by atoms with van der Waals surface area (Å²) in [4.78, 5) is 12.3. The van der Waals surface area contributed by atoms with Gasteiger partial charge in [0.25, 0.3) is 10.1 Å². The molecule has 0 rings (SSSR count). The predicted octanol–water partition coefficient (Wildman–Crippen LogP) is 6.89. The van der Waals surface area contributed by atoms with Crippen molar-refractivity contribution < 1.29 is 22.9 Å². The molecule has 0 fully saturated rings. The van der Waals surface area contributed by atoms with Crippen LogP contribution in [0.15, 0.2) is 24.3 Å². The second-order valence-electron chi connectivity index (χ2n) is 9.67. The molecule has 0 aliphatic rings. The highest BCUT2D eigenvalue weighted by Gasteiger charge is 2.24. The van der Waals surface area contributed by atoms with Gasteiger partial charge in [0.2, 0.25) is 5.91 Å². The molecule has 0 aromatic rings. The van der Waals surface area contributed by atoms with E-state index in [0.29, 0.717) is 6.42 Å². The molecule has 0 aliphatic carbocycles. The Hall–Kier alpha value is -1.18. The minimum absolute atomic E-state index is 0.289. The molecule has 3 N–H and O–H groups in total. The van der Waals surface area contributed by atoms with Crippen LogP contribution in [0, 0.1) is 0 Å². The standard InChI is InChI=1S/C28H53NO5S/c1-3-5-7-9-11-13-14-16-17-19-21-23-27(30)26(25-35(32,33)34)29-28(31)24-22-20-18-15-12-10-8-6-4-2/h14,16,21,23,26-27,30H,3-13,15,17-20,22,24-25H2,1-2H3,(H,29,31)(H,32,33,34)/b16-14+,23-21+. The molecular weight excluding hydrogens is 462 g/mol. The fraction of sp³-hybridized carbons (Fsp3) is 0.821. The van der Waals surface area contributed by atoms with E-state index in [1.54, 1.807) is 6.08 Å². The largest absolute Gasteiger partial charge is 0.387 e. The van der Waals surface area contributed by atoms with Crippen molar-refractivity contribution >= 4 is 16.0 Å². The summed E-state index contributed by atoms with van der Waals surface area (Å²) >= 11 is 0. The van der Waals surface area contributed by atoms with Crippen LogP contribution in [0.1, 0.15) is 129 Å². The monoisotopic (exact) mass is 515 g/mol. The Morgan fingerprint density at radius 1 is 0.743 bits per heavy atom. The lowest BCUT2D eigenvalue weighted by atomic mass is 10.1. The first-order valence-corrected chi connectivity index (χ1v) is 15.6. The van der Waals surface area contributed by atoms with Crippen molar-refractivity contribution in [1.29, 1.82) is 0 Å². The Morgan fingerprint density at radius 2 is 1.23 bits per heavy atom. The van der Waals surface area contributed by atoms with E-state index >= 15 is 0 Å². The molecule has 0 heterocycles. The first-order chi connectivity index (χ1) is 16.8. The molecule has 0 spiro atoms. The number of aliphatic hydroxyl groups excluding tert-OH is 1. The maximum Gasteiger partial charge on any atom is 0.267 e. The summed E-state index contributed by atoms with van der Waals surface area (Å²) in [6.07, 6.45) is 26.0. The van der Waals surface area contributed by atoms with Gasteiger partial charge in [-0.2, -0.15) is 8.42 Å². The first-order valence-electron chi connectivity index (χ1n) is 14.0. The number of nitrogens with one attached hydrogen (secondary N) is 1. The molecular formula is C28H53NO5S. The van der Waals surface area contributed by atoms with Crippen LogP contribution < -0.4 is 5.32 Å². The SMILES string of the molecule is CCCCCCC/C=C/CC/C=C/C(O)C(CS(=O)(=O)O)NC(=O)CCCCCCCCCCC. The Balaban J connectivity index is 4.24. The predicted molar refractivity (Wildman–Crippen MR) is 147 cm³/mol. The summed E-state index contributed by atoms with van der Waals surface area (Å²) in [6.45, 7) is 4.42. The van der Waals surface area contributed by atoms with Crippen LogP contribution in [-0.2, 0) is 14.9 Å². The number of carbonyl (C=O) groups excluding carboxylic acids is 1. The Kier molecular flexibility index (Phi) is 22.4. The summed E-state index contributed by atoms with van der Waals surface area (Å²) in [7, 11) is -4.33. The van der Waals surface area contributed by atoms with E-state index in [1.807, 2.05) is 0 Å². The molecule has 0 saturated heterocycles. The van der Waals surface area contributed by atoms with Crippen molar-refractivity contribution in [3.05, 3.63) is 24.3 Å². The zero-order valence-corrected chi connectivity index (χ0v) is 23.2. The van der Waals surface area contributed by atoms with Crippen LogP contribution >= 0.6 is 0 Å². The number of rotatable bonds is 24. The van der Waals surface area contributed by atoms with Crippen LogP contribution in [0.4, 0.5) is 0 Å². The zero-order valence-electron chi connectivity index (χ0n) is 22.4. The fourth-order valence-corrected chi connectivity index (χ4v) is 4.73. The van der Waals surface area contributed by atoms with Crippen molar-refractivity contribution in [1.82, 2.24) is 5.32 Å². The summed E-state index contributed by atoms with van der Waals surface area (Å²) in [5.41, 5.74) is 0. The van der Waals surface area contributed by atoms with E-state index < -0.39 is 28.0 Å². The molecule has 0 bridgehead atoms. The smallest absolute Gasteiger partial charge is 0.267 e. The topological polar surface area (TPSA) is 104 Å². The van der Waals surface area contributed by atoms with Crippen molar-refractivity contribution in [2.45, 2.75) is 142 Å². The van der Waals surface area contributed by atoms with Crippen LogP contribution in [0.2, 0.25) is 0 Å². The van der Waals surface area contributed by atoms with Crippen molar-refractivity contribution in [2.75, 3.05) is 5.75 Å². The van der Waals surface area contributed by atoms with Gasteiger partial charge in [-0.15, -0.1) is 0 Å². The van der Waals surface area contributed by atoms with Gasteiger partial charge in [-0.3, -0.25) is 9.35 Å². The highest BCUT2D eigenvalue weighted by atomic mass is 32.2. The summed E-state index contributed by atoms with van der Waals surface area (Å²) in [5, 5.41) is 13.0. The van der Waals surface area contributed by atoms with Gasteiger partial charge in [-0.25, -0.2) is 0 Å². The lowest BCUT2D eigenvalue weighted by Gasteiger charge is -2.21. The van der Waals surface area contributed by atoms with Gasteiger partial charge in [0.15, 0.2) is 0 Å². The molecule has 2 unspecified atom stereocenters. The highest BCUT2D eigenvalue weighted by Crippen LogP contribution is 2.11. The molecule has 7 heteroatoms. The molecule has 6 nitrogen and oxygen atoms in total. The van der Waals surface area contributed by atoms with Crippen molar-refractivity contribution in [3.8, 4) is 0 Å². The molecule has 0 radical (unpaired) electrons. The van der Waals surface area contributed by atoms with E-state index in [9.17, 15) is 22.9 Å². The molecule has 0 aromatic heterocycles. The van der Waals surface area contributed by atoms with Crippen molar-refractivity contribution in [2.24, 2.45) is 0 Å². The molecule has 35 heavy (non-hydrogen) atoms. The Labute approximate surface area is 215 Å². The second-order valence-corrected chi connectivity index (χ2v) is 11.2. The number of hydrogen-bond donors (Lipinski definition) is 3. The van der Waals surface area contributed by atoms with E-state index in [1.165, 1.54) is 76.7 Å². The minimum atomic E-state index is -4.33. The van der Waals surface area contributed by atoms with E-state index in [0.717, 1.165) is 32.1 Å². The third kappa shape index (κ3) is 24.3. The van der Waals surface area contributed by atoms with E-state index in [4.69, 9.17) is 0 Å². The maximum atomic E-state index is 12.3. The van der Waals surface area contributed by atoms with Gasteiger partial charge in [-0.1, -0.05) is 115 Å². The molecule has 206 valence electrons. The lowest BCUT2D eigenvalue weighted by Crippen LogP contribution is -2.46. The van der Waals surface area contributed by atoms with Crippen molar-refractivity contribution in [3.63, 3.8) is 0 Å². The minimum Gasteiger partial charge on any atom is -0.387 e. The molecule has 0 aliphatic heterocycles. The van der Waals surface area contributed by atoms with Crippen LogP contribution in [0.3, 0.4) is 0 Å². The molecule has 0 aromatic carbocycles. The fourth-order valence-electron chi connectivity index (χ4n) is 3.99. The summed E-state index contributed by atoms with van der Waals surface area (Å²) in [5.74, 6) is -1.00. The normalized spacial score (nSPS) is 14.1. The number of carbonyl (C=O) groups is 1. The third-order valence-electron chi connectivity index (χ3n) is 6.13. The van der Waals surface area contributed by atoms with Gasteiger partial charge in [0.05, 0.1) is 17.9 Å². The Bertz CT molecular complexity index is 660. The molecule has 1 amide bonds.